The summed E-state index contributed by atoms with van der Waals surface area (Å²) in [6.07, 6.45) is 1.93. The van der Waals surface area contributed by atoms with Crippen molar-refractivity contribution in [2.75, 3.05) is 19.7 Å². The highest BCUT2D eigenvalue weighted by molar-refractivity contribution is 9.11. The van der Waals surface area contributed by atoms with Crippen LogP contribution in [0.5, 0.6) is 0 Å². The maximum atomic E-state index is 12.6. The quantitative estimate of drug-likeness (QED) is 0.520. The number of hydrogen-bond donors (Lipinski definition) is 3. The van der Waals surface area contributed by atoms with Gasteiger partial charge in [-0.1, -0.05) is 6.92 Å². The van der Waals surface area contributed by atoms with E-state index in [1.165, 1.54) is 11.3 Å². The fourth-order valence-electron chi connectivity index (χ4n) is 3.08. The standard InChI is InChI=1S/C18H26BrN3O4S/c1-2-7-20-16(24)5-6-17(25)21-12-8-13(11-23)22(10-12)18(26)9-14-3-4-15(19)27-14/h3-4,12-13,23H,2,5-11H2,1H3,(H,20,24)(H,21,25)/t12-,13-/m0/s1. The van der Waals surface area contributed by atoms with E-state index in [0.717, 1.165) is 15.1 Å². The number of aliphatic hydroxyl groups is 1. The number of carbonyl (C=O) groups is 3. The first-order chi connectivity index (χ1) is 12.9. The lowest BCUT2D eigenvalue weighted by Crippen LogP contribution is -2.41. The predicted molar refractivity (Wildman–Crippen MR) is 107 cm³/mol. The maximum absolute atomic E-state index is 12.6. The van der Waals surface area contributed by atoms with Crippen LogP contribution in [-0.2, 0) is 20.8 Å². The first-order valence-electron chi connectivity index (χ1n) is 9.13. The van der Waals surface area contributed by atoms with E-state index in [1.807, 2.05) is 19.1 Å². The van der Waals surface area contributed by atoms with Crippen LogP contribution in [0.2, 0.25) is 0 Å². The molecular formula is C18H26BrN3O4S. The molecule has 1 aliphatic heterocycles. The van der Waals surface area contributed by atoms with E-state index in [9.17, 15) is 19.5 Å². The zero-order valence-electron chi connectivity index (χ0n) is 15.4. The highest BCUT2D eigenvalue weighted by Gasteiger charge is 2.35. The number of halogens is 1. The molecule has 1 fully saturated rings. The summed E-state index contributed by atoms with van der Waals surface area (Å²) in [5, 5.41) is 15.2. The Hall–Kier alpha value is -1.45. The molecule has 3 amide bonds. The third-order valence-electron chi connectivity index (χ3n) is 4.42. The molecule has 2 atom stereocenters. The minimum absolute atomic E-state index is 0.0564. The molecule has 9 heteroatoms. The molecule has 1 saturated heterocycles. The van der Waals surface area contributed by atoms with Gasteiger partial charge >= 0.3 is 0 Å². The third-order valence-corrected chi connectivity index (χ3v) is 6.04. The Morgan fingerprint density at radius 1 is 1.30 bits per heavy atom. The van der Waals surface area contributed by atoms with Crippen LogP contribution in [0.1, 0.15) is 37.5 Å². The molecule has 0 saturated carbocycles. The van der Waals surface area contributed by atoms with Crippen molar-refractivity contribution in [2.24, 2.45) is 0 Å². The highest BCUT2D eigenvalue weighted by Crippen LogP contribution is 2.25. The van der Waals surface area contributed by atoms with Gasteiger partial charge in [0, 0.05) is 36.9 Å². The van der Waals surface area contributed by atoms with Gasteiger partial charge in [0.15, 0.2) is 0 Å². The average molecular weight is 460 g/mol. The van der Waals surface area contributed by atoms with Crippen LogP contribution in [0.4, 0.5) is 0 Å². The smallest absolute Gasteiger partial charge is 0.228 e. The zero-order chi connectivity index (χ0) is 19.8. The normalized spacial score (nSPS) is 19.1. The summed E-state index contributed by atoms with van der Waals surface area (Å²) >= 11 is 4.89. The van der Waals surface area contributed by atoms with Crippen molar-refractivity contribution >= 4 is 45.0 Å². The molecule has 0 bridgehead atoms. The molecule has 7 nitrogen and oxygen atoms in total. The zero-order valence-corrected chi connectivity index (χ0v) is 17.8. The number of aliphatic hydroxyl groups excluding tert-OH is 1. The number of thiophene rings is 1. The SMILES string of the molecule is CCCNC(=O)CCC(=O)N[C@H]1C[C@@H](CO)N(C(=O)Cc2ccc(Br)s2)C1. The second-order valence-corrected chi connectivity index (χ2v) is 9.16. The van der Waals surface area contributed by atoms with Crippen molar-refractivity contribution in [1.82, 2.24) is 15.5 Å². The molecule has 0 aliphatic carbocycles. The number of rotatable bonds is 9. The van der Waals surface area contributed by atoms with Gasteiger partial charge in [-0.2, -0.15) is 0 Å². The van der Waals surface area contributed by atoms with Crippen LogP contribution in [0.15, 0.2) is 15.9 Å². The van der Waals surface area contributed by atoms with Crippen molar-refractivity contribution in [2.45, 2.75) is 51.1 Å². The molecule has 1 aliphatic rings. The molecular weight excluding hydrogens is 434 g/mol. The van der Waals surface area contributed by atoms with E-state index in [-0.39, 0.29) is 55.7 Å². The Labute approximate surface area is 171 Å². The van der Waals surface area contributed by atoms with Gasteiger partial charge in [0.2, 0.25) is 17.7 Å². The van der Waals surface area contributed by atoms with Crippen LogP contribution in [0, 0.1) is 0 Å². The molecule has 1 aromatic heterocycles. The van der Waals surface area contributed by atoms with Gasteiger partial charge in [0.05, 0.1) is 22.9 Å². The van der Waals surface area contributed by atoms with Crippen LogP contribution in [0.25, 0.3) is 0 Å². The first kappa shape index (κ1) is 21.8. The Bertz CT molecular complexity index is 667. The van der Waals surface area contributed by atoms with Crippen LogP contribution in [-0.4, -0.2) is 59.5 Å². The summed E-state index contributed by atoms with van der Waals surface area (Å²) < 4.78 is 0.971. The van der Waals surface area contributed by atoms with Crippen molar-refractivity contribution in [1.29, 1.82) is 0 Å². The lowest BCUT2D eigenvalue weighted by Gasteiger charge is -2.22. The minimum Gasteiger partial charge on any atom is -0.394 e. The second kappa shape index (κ2) is 10.8. The molecule has 0 radical (unpaired) electrons. The summed E-state index contributed by atoms with van der Waals surface area (Å²) in [4.78, 5) is 38.8. The number of hydrogen-bond acceptors (Lipinski definition) is 5. The van der Waals surface area contributed by atoms with E-state index in [1.54, 1.807) is 4.90 Å². The molecule has 0 aromatic carbocycles. The number of amides is 3. The van der Waals surface area contributed by atoms with Gasteiger partial charge in [-0.05, 0) is 40.9 Å². The number of nitrogens with one attached hydrogen (secondary N) is 2. The molecule has 27 heavy (non-hydrogen) atoms. The summed E-state index contributed by atoms with van der Waals surface area (Å²) in [5.41, 5.74) is 0. The van der Waals surface area contributed by atoms with Gasteiger partial charge in [-0.15, -0.1) is 11.3 Å². The van der Waals surface area contributed by atoms with Crippen molar-refractivity contribution in [3.8, 4) is 0 Å². The van der Waals surface area contributed by atoms with Crippen LogP contribution in [0.3, 0.4) is 0 Å². The van der Waals surface area contributed by atoms with E-state index >= 15 is 0 Å². The highest BCUT2D eigenvalue weighted by atomic mass is 79.9. The minimum atomic E-state index is -0.293. The Balaban J connectivity index is 1.81. The fraction of sp³-hybridized carbons (Fsp3) is 0.611. The first-order valence-corrected chi connectivity index (χ1v) is 10.7. The van der Waals surface area contributed by atoms with Crippen molar-refractivity contribution in [3.63, 3.8) is 0 Å². The van der Waals surface area contributed by atoms with E-state index in [4.69, 9.17) is 0 Å². The summed E-state index contributed by atoms with van der Waals surface area (Å²) in [6.45, 7) is 2.82. The van der Waals surface area contributed by atoms with Crippen LogP contribution >= 0.6 is 27.3 Å². The fourth-order valence-corrected chi connectivity index (χ4v) is 4.55. The summed E-state index contributed by atoms with van der Waals surface area (Å²) in [7, 11) is 0. The van der Waals surface area contributed by atoms with Crippen molar-refractivity contribution < 1.29 is 19.5 Å². The third kappa shape index (κ3) is 6.90. The van der Waals surface area contributed by atoms with Gasteiger partial charge in [0.25, 0.3) is 0 Å². The lowest BCUT2D eigenvalue weighted by molar-refractivity contribution is -0.132. The largest absolute Gasteiger partial charge is 0.394 e. The van der Waals surface area contributed by atoms with Crippen molar-refractivity contribution in [3.05, 3.63) is 20.8 Å². The molecule has 2 rings (SSSR count). The molecule has 1 aromatic rings. The maximum Gasteiger partial charge on any atom is 0.228 e. The molecule has 150 valence electrons. The topological polar surface area (TPSA) is 98.7 Å². The average Bonchev–Trinajstić information content (AvgIpc) is 3.23. The summed E-state index contributed by atoms with van der Waals surface area (Å²) in [5.74, 6) is -0.399. The monoisotopic (exact) mass is 459 g/mol. The van der Waals surface area contributed by atoms with E-state index in [2.05, 4.69) is 26.6 Å². The van der Waals surface area contributed by atoms with E-state index in [0.29, 0.717) is 19.5 Å². The molecule has 0 unspecified atom stereocenters. The van der Waals surface area contributed by atoms with Gasteiger partial charge in [-0.3, -0.25) is 14.4 Å². The molecule has 3 N–H and O–H groups in total. The van der Waals surface area contributed by atoms with E-state index < -0.39 is 0 Å². The Morgan fingerprint density at radius 3 is 2.67 bits per heavy atom. The predicted octanol–water partition coefficient (Wildman–Crippen LogP) is 1.44. The second-order valence-electron chi connectivity index (χ2n) is 6.62. The van der Waals surface area contributed by atoms with Crippen LogP contribution < -0.4 is 10.6 Å². The van der Waals surface area contributed by atoms with Gasteiger partial charge < -0.3 is 20.6 Å². The molecule has 2 heterocycles. The summed E-state index contributed by atoms with van der Waals surface area (Å²) in [6, 6.07) is 3.31. The lowest BCUT2D eigenvalue weighted by atomic mass is 10.1. The molecule has 0 spiro atoms. The Morgan fingerprint density at radius 2 is 2.04 bits per heavy atom. The Kier molecular flexibility index (Phi) is 8.72. The van der Waals surface area contributed by atoms with Gasteiger partial charge in [-0.25, -0.2) is 0 Å². The van der Waals surface area contributed by atoms with Gasteiger partial charge in [0.1, 0.15) is 0 Å². The number of carbonyl (C=O) groups excluding carboxylic acids is 3. The number of likely N-dealkylation sites (tertiary alicyclic amines) is 1. The number of nitrogens with zero attached hydrogens (tertiary/aromatic N) is 1.